The van der Waals surface area contributed by atoms with Crippen LogP contribution in [0.4, 0.5) is 0 Å². The third-order valence-electron chi connectivity index (χ3n) is 3.55. The number of nitrogens with two attached hydrogens (primary N) is 1. The second-order valence-electron chi connectivity index (χ2n) is 5.93. The number of nitrogens with zero attached hydrogens (tertiary/aromatic N) is 1. The van der Waals surface area contributed by atoms with Gasteiger partial charge in [-0.25, -0.2) is 0 Å². The fourth-order valence-corrected chi connectivity index (χ4v) is 2.86. The molecule has 0 fully saturated rings. The van der Waals surface area contributed by atoms with Gasteiger partial charge in [0.2, 0.25) is 0 Å². The highest BCUT2D eigenvalue weighted by atomic mass is 15.1. The van der Waals surface area contributed by atoms with E-state index in [1.807, 2.05) is 6.07 Å². The highest BCUT2D eigenvalue weighted by Crippen LogP contribution is 2.26. The summed E-state index contributed by atoms with van der Waals surface area (Å²) in [7, 11) is 0. The monoisotopic (exact) mass is 274 g/mol. The molecule has 2 nitrogen and oxygen atoms in total. The predicted octanol–water partition coefficient (Wildman–Crippen LogP) is 3.93. The smallest absolute Gasteiger partial charge is 0.0575 e. The molecule has 0 heterocycles. The highest BCUT2D eigenvalue weighted by molar-refractivity contribution is 5.26. The first-order chi connectivity index (χ1) is 9.51. The zero-order valence-corrected chi connectivity index (χ0v) is 13.4. The molecule has 1 unspecified atom stereocenters. The van der Waals surface area contributed by atoms with Crippen molar-refractivity contribution < 1.29 is 0 Å². The molecule has 1 rings (SSSR count). The molecule has 0 radical (unpaired) electrons. The van der Waals surface area contributed by atoms with E-state index in [1.54, 1.807) is 0 Å². The molecule has 0 aromatic heterocycles. The molecule has 0 aliphatic carbocycles. The Labute approximate surface area is 124 Å². The van der Waals surface area contributed by atoms with Gasteiger partial charge in [-0.1, -0.05) is 49.8 Å². The minimum absolute atomic E-state index is 0.336. The van der Waals surface area contributed by atoms with Crippen molar-refractivity contribution in [1.82, 2.24) is 4.90 Å². The molecular formula is C18H30N2. The lowest BCUT2D eigenvalue weighted by Gasteiger charge is -2.36. The summed E-state index contributed by atoms with van der Waals surface area (Å²) < 4.78 is 0. The maximum atomic E-state index is 6.78. The average Bonchev–Trinajstić information content (AvgIpc) is 2.39. The van der Waals surface area contributed by atoms with E-state index in [0.717, 1.165) is 44.5 Å². The molecule has 2 heteroatoms. The predicted molar refractivity (Wildman–Crippen MR) is 88.8 cm³/mol. The maximum absolute atomic E-state index is 6.78. The molecule has 0 aliphatic rings. The van der Waals surface area contributed by atoms with E-state index in [4.69, 9.17) is 5.73 Å². The standard InChI is InChI=1S/C18H30N2/c1-5-12-20(13-6-2)15-18(19,14-16(3)4)17-10-8-7-9-11-17/h7-11H,3,5-6,12-15,19H2,1-2,4H3. The second-order valence-corrected chi connectivity index (χ2v) is 5.93. The van der Waals surface area contributed by atoms with Crippen molar-refractivity contribution in [2.75, 3.05) is 19.6 Å². The molecule has 1 aromatic carbocycles. The average molecular weight is 274 g/mol. The van der Waals surface area contributed by atoms with Crippen molar-refractivity contribution in [3.05, 3.63) is 48.0 Å². The first kappa shape index (κ1) is 16.9. The van der Waals surface area contributed by atoms with Crippen LogP contribution >= 0.6 is 0 Å². The summed E-state index contributed by atoms with van der Waals surface area (Å²) in [5.41, 5.74) is 8.79. The Hall–Kier alpha value is -1.12. The van der Waals surface area contributed by atoms with E-state index >= 15 is 0 Å². The van der Waals surface area contributed by atoms with Crippen LogP contribution < -0.4 is 5.73 Å². The van der Waals surface area contributed by atoms with Crippen LogP contribution in [0.2, 0.25) is 0 Å². The van der Waals surface area contributed by atoms with E-state index in [2.05, 4.69) is 56.5 Å². The lowest BCUT2D eigenvalue weighted by molar-refractivity contribution is 0.206. The second kappa shape index (κ2) is 8.23. The van der Waals surface area contributed by atoms with E-state index in [9.17, 15) is 0 Å². The van der Waals surface area contributed by atoms with Gasteiger partial charge in [0.05, 0.1) is 5.54 Å². The molecule has 0 saturated heterocycles. The van der Waals surface area contributed by atoms with Gasteiger partial charge in [-0.05, 0) is 44.8 Å². The Bertz CT molecular complexity index is 393. The molecule has 112 valence electrons. The number of benzene rings is 1. The molecule has 2 N–H and O–H groups in total. The molecule has 1 atom stereocenters. The molecule has 1 aromatic rings. The minimum Gasteiger partial charge on any atom is -0.320 e. The highest BCUT2D eigenvalue weighted by Gasteiger charge is 2.29. The molecular weight excluding hydrogens is 244 g/mol. The van der Waals surface area contributed by atoms with Crippen LogP contribution in [-0.2, 0) is 5.54 Å². The van der Waals surface area contributed by atoms with Crippen molar-refractivity contribution in [2.45, 2.75) is 45.6 Å². The lowest BCUT2D eigenvalue weighted by atomic mass is 9.84. The van der Waals surface area contributed by atoms with Gasteiger partial charge in [0, 0.05) is 6.54 Å². The summed E-state index contributed by atoms with van der Waals surface area (Å²) in [4.78, 5) is 2.48. The van der Waals surface area contributed by atoms with E-state index in [-0.39, 0.29) is 5.54 Å². The zero-order valence-electron chi connectivity index (χ0n) is 13.4. The third kappa shape index (κ3) is 5.10. The van der Waals surface area contributed by atoms with Gasteiger partial charge >= 0.3 is 0 Å². The normalized spacial score (nSPS) is 14.2. The summed E-state index contributed by atoms with van der Waals surface area (Å²) in [6.07, 6.45) is 3.16. The van der Waals surface area contributed by atoms with Crippen LogP contribution in [0, 0.1) is 0 Å². The zero-order chi connectivity index (χ0) is 15.0. The van der Waals surface area contributed by atoms with E-state index in [0.29, 0.717) is 0 Å². The first-order valence-electron chi connectivity index (χ1n) is 7.73. The van der Waals surface area contributed by atoms with Crippen molar-refractivity contribution in [3.8, 4) is 0 Å². The van der Waals surface area contributed by atoms with Crippen LogP contribution in [0.5, 0.6) is 0 Å². The van der Waals surface area contributed by atoms with Crippen LogP contribution in [-0.4, -0.2) is 24.5 Å². The van der Waals surface area contributed by atoms with Crippen molar-refractivity contribution in [2.24, 2.45) is 5.73 Å². The van der Waals surface area contributed by atoms with Crippen molar-refractivity contribution in [1.29, 1.82) is 0 Å². The minimum atomic E-state index is -0.336. The Morgan fingerprint density at radius 3 is 2.15 bits per heavy atom. The fourth-order valence-electron chi connectivity index (χ4n) is 2.86. The molecule has 0 aliphatic heterocycles. The van der Waals surface area contributed by atoms with Gasteiger partial charge in [0.15, 0.2) is 0 Å². The Morgan fingerprint density at radius 1 is 1.15 bits per heavy atom. The van der Waals surface area contributed by atoms with Gasteiger partial charge in [0.25, 0.3) is 0 Å². The molecule has 20 heavy (non-hydrogen) atoms. The Morgan fingerprint density at radius 2 is 1.70 bits per heavy atom. The largest absolute Gasteiger partial charge is 0.320 e. The number of hydrogen-bond acceptors (Lipinski definition) is 2. The van der Waals surface area contributed by atoms with Crippen molar-refractivity contribution in [3.63, 3.8) is 0 Å². The van der Waals surface area contributed by atoms with Crippen LogP contribution in [0.15, 0.2) is 42.5 Å². The Balaban J connectivity index is 2.95. The molecule has 0 spiro atoms. The summed E-state index contributed by atoms with van der Waals surface area (Å²) in [5.74, 6) is 0. The summed E-state index contributed by atoms with van der Waals surface area (Å²) in [5, 5.41) is 0. The van der Waals surface area contributed by atoms with Gasteiger partial charge in [-0.2, -0.15) is 0 Å². The topological polar surface area (TPSA) is 29.3 Å². The summed E-state index contributed by atoms with van der Waals surface area (Å²) in [6, 6.07) is 10.5. The van der Waals surface area contributed by atoms with Crippen LogP contribution in [0.1, 0.15) is 45.6 Å². The maximum Gasteiger partial charge on any atom is 0.0575 e. The molecule has 0 saturated carbocycles. The van der Waals surface area contributed by atoms with E-state index in [1.165, 1.54) is 5.56 Å². The molecule has 0 amide bonds. The van der Waals surface area contributed by atoms with Gasteiger partial charge < -0.3 is 10.6 Å². The Kier molecular flexibility index (Phi) is 6.97. The molecule has 0 bridgehead atoms. The summed E-state index contributed by atoms with van der Waals surface area (Å²) >= 11 is 0. The van der Waals surface area contributed by atoms with Gasteiger partial charge in [0.1, 0.15) is 0 Å². The van der Waals surface area contributed by atoms with Gasteiger partial charge in [-0.3, -0.25) is 0 Å². The SMILES string of the molecule is C=C(C)CC(N)(CN(CCC)CCC)c1ccccc1. The van der Waals surface area contributed by atoms with Crippen molar-refractivity contribution >= 4 is 0 Å². The third-order valence-corrected chi connectivity index (χ3v) is 3.55. The fraction of sp³-hybridized carbons (Fsp3) is 0.556. The van der Waals surface area contributed by atoms with E-state index < -0.39 is 0 Å². The number of hydrogen-bond donors (Lipinski definition) is 1. The number of rotatable bonds is 9. The van der Waals surface area contributed by atoms with Crippen LogP contribution in [0.3, 0.4) is 0 Å². The van der Waals surface area contributed by atoms with Crippen LogP contribution in [0.25, 0.3) is 0 Å². The lowest BCUT2D eigenvalue weighted by Crippen LogP contribution is -2.48. The summed E-state index contributed by atoms with van der Waals surface area (Å²) in [6.45, 7) is 13.7. The van der Waals surface area contributed by atoms with Gasteiger partial charge in [-0.15, -0.1) is 6.58 Å². The quantitative estimate of drug-likeness (QED) is 0.691. The first-order valence-corrected chi connectivity index (χ1v) is 7.73.